The molecule has 2 atom stereocenters. The maximum absolute atomic E-state index is 11.5. The summed E-state index contributed by atoms with van der Waals surface area (Å²) in [5.41, 5.74) is 9.97. The number of carboxylic acid groups (broad SMARTS) is 2. The normalized spacial score (nSPS) is 27.4. The van der Waals surface area contributed by atoms with Gasteiger partial charge in [-0.25, -0.2) is 23.2 Å². The summed E-state index contributed by atoms with van der Waals surface area (Å²) in [6.07, 6.45) is 12.0. The summed E-state index contributed by atoms with van der Waals surface area (Å²) < 4.78 is 0. The fourth-order valence-electron chi connectivity index (χ4n) is 5.91. The Balaban J connectivity index is 0.00000423. The zero-order valence-electron chi connectivity index (χ0n) is 24.7. The van der Waals surface area contributed by atoms with Crippen molar-refractivity contribution in [3.8, 4) is 0 Å². The van der Waals surface area contributed by atoms with Crippen LogP contribution in [-0.2, 0) is 26.7 Å². The Morgan fingerprint density at radius 2 is 1.47 bits per heavy atom. The van der Waals surface area contributed by atoms with Gasteiger partial charge in [0.25, 0.3) is 0 Å². The van der Waals surface area contributed by atoms with E-state index >= 15 is 0 Å². The molecular weight excluding hydrogens is 584 g/mol. The van der Waals surface area contributed by atoms with Gasteiger partial charge in [-0.1, -0.05) is 43.2 Å². The van der Waals surface area contributed by atoms with Gasteiger partial charge in [0.15, 0.2) is 0 Å². The average molecular weight is 619 g/mol. The van der Waals surface area contributed by atoms with E-state index < -0.39 is 11.9 Å². The van der Waals surface area contributed by atoms with Gasteiger partial charge in [0.1, 0.15) is 0 Å². The number of nitrogens with zero attached hydrogens (tertiary/aromatic N) is 4. The number of hydrogen-bond donors (Lipinski definition) is 2. The van der Waals surface area contributed by atoms with Crippen molar-refractivity contribution in [3.05, 3.63) is 150 Å². The predicted molar refractivity (Wildman–Crippen MR) is 165 cm³/mol. The topological polar surface area (TPSA) is 131 Å². The summed E-state index contributed by atoms with van der Waals surface area (Å²) >= 11 is 0. The van der Waals surface area contributed by atoms with Gasteiger partial charge in [0, 0.05) is 12.8 Å². The summed E-state index contributed by atoms with van der Waals surface area (Å²) in [7, 11) is 0. The van der Waals surface area contributed by atoms with Crippen molar-refractivity contribution in [2.45, 2.75) is 65.5 Å². The summed E-state index contributed by atoms with van der Waals surface area (Å²) in [4.78, 5) is 23.0. The maximum atomic E-state index is 11.5. The van der Waals surface area contributed by atoms with Crippen LogP contribution in [0.25, 0.3) is 21.3 Å². The number of allylic oxidation sites excluding steroid dienone is 6. The molecule has 43 heavy (non-hydrogen) atoms. The minimum Gasteiger partial charge on any atom is -0.736 e. The molecule has 2 N–H and O–H groups in total. The van der Waals surface area contributed by atoms with Crippen LogP contribution in [-0.4, -0.2) is 34.2 Å². The first-order valence-electron chi connectivity index (χ1n) is 14.0. The number of carboxylic acids is 2. The van der Waals surface area contributed by atoms with E-state index in [0.717, 1.165) is 68.1 Å². The quantitative estimate of drug-likeness (QED) is 0.209. The van der Waals surface area contributed by atoms with E-state index in [9.17, 15) is 19.8 Å². The number of fused-ring (bicyclic) bond motifs is 8. The first kappa shape index (κ1) is 31.7. The van der Waals surface area contributed by atoms with Gasteiger partial charge < -0.3 is 31.5 Å². The van der Waals surface area contributed by atoms with Gasteiger partial charge in [-0.15, -0.1) is 47.5 Å². The molecule has 0 spiro atoms. The fourth-order valence-corrected chi connectivity index (χ4v) is 5.91. The Hall–Kier alpha value is -4.20. The molecule has 5 heterocycles. The first-order chi connectivity index (χ1) is 20.0. The molecule has 0 amide bonds. The van der Waals surface area contributed by atoms with Crippen LogP contribution in [0.5, 0.6) is 0 Å². The van der Waals surface area contributed by atoms with Crippen LogP contribution in [0.1, 0.15) is 53.4 Å². The van der Waals surface area contributed by atoms with Crippen LogP contribution >= 0.6 is 0 Å². The molecule has 0 fully saturated rings. The van der Waals surface area contributed by atoms with Crippen molar-refractivity contribution in [1.82, 2.24) is 0 Å². The largest absolute Gasteiger partial charge is 4.00 e. The standard InChI is InChI=1S/C34H34N4O4.Fe/c1-7-21-17(3)25-13-26-19(5)23(9-11-33(39)40)31(37-26)16-32-24(10-12-34(41)42)20(6)28(38-32)15-30-22(8-2)18(4)27(36-30)14-29(21)35-25;/h7-8,13-16,25,28H,1-2,9-12H2,3-6H3,(H,39,40)(H,41,42);/q-6;+4/b26-13-,29-14-,30-15-,32-16-;. The second-order valence-corrected chi connectivity index (χ2v) is 10.9. The van der Waals surface area contributed by atoms with Crippen molar-refractivity contribution in [2.24, 2.45) is 0 Å². The number of carbonyl (C=O) groups is 2. The first-order valence-corrected chi connectivity index (χ1v) is 14.0. The van der Waals surface area contributed by atoms with Crippen molar-refractivity contribution < 1.29 is 36.9 Å². The molecule has 2 unspecified atom stereocenters. The SMILES string of the molecule is C=CC1=C(C)C2/C=C3\[N-]C(=C(CCC(=O)O)[C-]3C)/C=C3\[N-]C(/C=C4\[N-]C(=C(C)[C-]4C=C)/C=C/1[N-]2)C(C)=C3CCC(=O)O.[Fe+4]. The molecule has 0 saturated heterocycles. The van der Waals surface area contributed by atoms with Crippen LogP contribution in [0.4, 0.5) is 0 Å². The van der Waals surface area contributed by atoms with Crippen LogP contribution < -0.4 is 0 Å². The molecule has 0 aromatic heterocycles. The van der Waals surface area contributed by atoms with Crippen molar-refractivity contribution in [3.63, 3.8) is 0 Å². The summed E-state index contributed by atoms with van der Waals surface area (Å²) in [6.45, 7) is 16.0. The molecular formula is C34H34FeN4O4-2. The molecule has 0 aliphatic carbocycles. The summed E-state index contributed by atoms with van der Waals surface area (Å²) in [5.74, 6) is 0.0354. The van der Waals surface area contributed by atoms with Crippen LogP contribution in [0.15, 0.2) is 117 Å². The van der Waals surface area contributed by atoms with Gasteiger partial charge in [0.2, 0.25) is 0 Å². The van der Waals surface area contributed by atoms with E-state index in [-0.39, 0.29) is 42.0 Å². The monoisotopic (exact) mass is 618 g/mol. The summed E-state index contributed by atoms with van der Waals surface area (Å²) in [6, 6.07) is -0.620. The van der Waals surface area contributed by atoms with E-state index in [0.29, 0.717) is 24.2 Å². The second kappa shape index (κ2) is 12.6. The van der Waals surface area contributed by atoms with E-state index in [1.54, 1.807) is 6.08 Å². The zero-order valence-corrected chi connectivity index (χ0v) is 25.8. The number of aliphatic carboxylic acids is 2. The molecule has 0 radical (unpaired) electrons. The molecule has 0 aromatic rings. The number of rotatable bonds is 8. The Morgan fingerprint density at radius 1 is 0.884 bits per heavy atom. The van der Waals surface area contributed by atoms with Gasteiger partial charge in [-0.2, -0.15) is 29.8 Å². The Kier molecular flexibility index (Phi) is 9.28. The molecule has 5 aliphatic rings. The molecule has 8 nitrogen and oxygen atoms in total. The van der Waals surface area contributed by atoms with Gasteiger partial charge in [0.05, 0.1) is 0 Å². The van der Waals surface area contributed by atoms with Crippen molar-refractivity contribution in [2.75, 3.05) is 0 Å². The molecule has 9 heteroatoms. The molecule has 0 saturated carbocycles. The minimum absolute atomic E-state index is 0. The van der Waals surface area contributed by atoms with Crippen molar-refractivity contribution in [1.29, 1.82) is 0 Å². The molecule has 224 valence electrons. The Morgan fingerprint density at radius 3 is 2.12 bits per heavy atom. The predicted octanol–water partition coefficient (Wildman–Crippen LogP) is 8.25. The Labute approximate surface area is 264 Å². The fraction of sp³-hybridized carbons (Fsp3) is 0.294. The van der Waals surface area contributed by atoms with E-state index in [1.165, 1.54) is 0 Å². The van der Waals surface area contributed by atoms with Crippen LogP contribution in [0.2, 0.25) is 0 Å². The number of hydrogen-bond acceptors (Lipinski definition) is 2. The van der Waals surface area contributed by atoms with Gasteiger partial charge in [-0.05, 0) is 32.3 Å². The van der Waals surface area contributed by atoms with Crippen LogP contribution in [0, 0.1) is 11.8 Å². The molecule has 5 rings (SSSR count). The summed E-state index contributed by atoms with van der Waals surface area (Å²) in [5, 5.41) is 38.8. The average Bonchev–Trinajstić information content (AvgIpc) is 3.59. The minimum atomic E-state index is -0.888. The zero-order chi connectivity index (χ0) is 30.3. The molecule has 8 bridgehead atoms. The smallest absolute Gasteiger partial charge is 0.736 e. The van der Waals surface area contributed by atoms with E-state index in [1.807, 2.05) is 58.1 Å². The third kappa shape index (κ3) is 6.01. The van der Waals surface area contributed by atoms with E-state index in [4.69, 9.17) is 21.3 Å². The van der Waals surface area contributed by atoms with E-state index in [2.05, 4.69) is 13.2 Å². The van der Waals surface area contributed by atoms with Gasteiger partial charge in [-0.3, -0.25) is 15.3 Å². The maximum Gasteiger partial charge on any atom is 4.00 e. The third-order valence-electron chi connectivity index (χ3n) is 8.39. The second-order valence-electron chi connectivity index (χ2n) is 10.9. The third-order valence-corrected chi connectivity index (χ3v) is 8.39. The van der Waals surface area contributed by atoms with Crippen molar-refractivity contribution >= 4 is 11.9 Å². The van der Waals surface area contributed by atoms with Gasteiger partial charge >= 0.3 is 29.0 Å². The Bertz CT molecular complexity index is 1530. The molecule has 5 aliphatic heterocycles. The molecule has 0 aromatic carbocycles. The van der Waals surface area contributed by atoms with Crippen LogP contribution in [0.3, 0.4) is 0 Å².